The van der Waals surface area contributed by atoms with Gasteiger partial charge in [-0.1, -0.05) is 20.3 Å². The van der Waals surface area contributed by atoms with Crippen molar-refractivity contribution in [2.24, 2.45) is 5.92 Å². The molecule has 1 atom stereocenters. The molecule has 1 heterocycles. The Kier molecular flexibility index (Phi) is 3.20. The summed E-state index contributed by atoms with van der Waals surface area (Å²) in [4.78, 5) is 2.57. The van der Waals surface area contributed by atoms with Crippen LogP contribution in [0.1, 0.15) is 33.1 Å². The van der Waals surface area contributed by atoms with Crippen molar-refractivity contribution < 1.29 is 0 Å². The van der Waals surface area contributed by atoms with Crippen molar-refractivity contribution in [2.75, 3.05) is 19.6 Å². The van der Waals surface area contributed by atoms with Gasteiger partial charge in [-0.3, -0.25) is 0 Å². The number of hydrogen-bond acceptors (Lipinski definition) is 1. The van der Waals surface area contributed by atoms with Crippen LogP contribution in [-0.4, -0.2) is 24.5 Å². The summed E-state index contributed by atoms with van der Waals surface area (Å²) in [6, 6.07) is 0. The molecule has 1 aliphatic rings. The normalized spacial score (nSPS) is 28.8. The number of rotatable bonds is 2. The fourth-order valence-electron chi connectivity index (χ4n) is 1.77. The van der Waals surface area contributed by atoms with Crippen molar-refractivity contribution >= 4 is 0 Å². The third kappa shape index (κ3) is 1.98. The highest BCUT2D eigenvalue weighted by molar-refractivity contribution is 4.70. The summed E-state index contributed by atoms with van der Waals surface area (Å²) < 4.78 is 0. The maximum atomic E-state index is 2.57. The maximum absolute atomic E-state index is 2.57. The largest absolute Gasteiger partial charge is 0.303 e. The zero-order chi connectivity index (χ0) is 7.40. The smallest absolute Gasteiger partial charge is 0.000945 e. The summed E-state index contributed by atoms with van der Waals surface area (Å²) in [6.45, 7) is 8.51. The third-order valence-electron chi connectivity index (χ3n) is 2.63. The molecule has 0 aromatic carbocycles. The first-order chi connectivity index (χ1) is 4.86. The zero-order valence-corrected chi connectivity index (χ0v) is 7.27. The summed E-state index contributed by atoms with van der Waals surface area (Å²) in [5.41, 5.74) is 0. The molecule has 0 bridgehead atoms. The molecule has 0 saturated carbocycles. The minimum absolute atomic E-state index is 0.994. The molecule has 0 unspecified atom stereocenters. The van der Waals surface area contributed by atoms with Crippen molar-refractivity contribution in [3.05, 3.63) is 0 Å². The van der Waals surface area contributed by atoms with Crippen LogP contribution in [0.2, 0.25) is 0 Å². The van der Waals surface area contributed by atoms with Gasteiger partial charge in [-0.15, -0.1) is 0 Å². The van der Waals surface area contributed by atoms with E-state index in [1.54, 1.807) is 0 Å². The third-order valence-corrected chi connectivity index (χ3v) is 2.63. The summed E-state index contributed by atoms with van der Waals surface area (Å²) in [5.74, 6) is 0.994. The Morgan fingerprint density at radius 3 is 2.80 bits per heavy atom. The van der Waals surface area contributed by atoms with Gasteiger partial charge in [-0.05, 0) is 31.8 Å². The van der Waals surface area contributed by atoms with Gasteiger partial charge in [-0.25, -0.2) is 0 Å². The van der Waals surface area contributed by atoms with Gasteiger partial charge >= 0.3 is 0 Å². The second-order valence-corrected chi connectivity index (χ2v) is 3.31. The highest BCUT2D eigenvalue weighted by atomic mass is 15.1. The lowest BCUT2D eigenvalue weighted by Gasteiger charge is -2.31. The number of likely N-dealkylation sites (tertiary alicyclic amines) is 1. The molecule has 1 fully saturated rings. The lowest BCUT2D eigenvalue weighted by Crippen LogP contribution is -2.34. The lowest BCUT2D eigenvalue weighted by molar-refractivity contribution is 0.179. The quantitative estimate of drug-likeness (QED) is 0.569. The fraction of sp³-hybridized carbons (Fsp3) is 1.00. The van der Waals surface area contributed by atoms with Crippen LogP contribution in [0, 0.1) is 5.92 Å². The second-order valence-electron chi connectivity index (χ2n) is 3.31. The Hall–Kier alpha value is -0.0400. The highest BCUT2D eigenvalue weighted by Crippen LogP contribution is 2.18. The van der Waals surface area contributed by atoms with Crippen LogP contribution in [0.25, 0.3) is 0 Å². The molecule has 1 heteroatoms. The summed E-state index contributed by atoms with van der Waals surface area (Å²) in [6.07, 6.45) is 4.26. The molecular weight excluding hydrogens is 122 g/mol. The minimum atomic E-state index is 0.994. The molecule has 60 valence electrons. The highest BCUT2D eigenvalue weighted by Gasteiger charge is 2.15. The van der Waals surface area contributed by atoms with Crippen molar-refractivity contribution in [1.29, 1.82) is 0 Å². The predicted molar refractivity (Wildman–Crippen MR) is 45.1 cm³/mol. The molecule has 0 spiro atoms. The van der Waals surface area contributed by atoms with Gasteiger partial charge in [0.2, 0.25) is 0 Å². The van der Waals surface area contributed by atoms with Crippen LogP contribution in [0.4, 0.5) is 0 Å². The van der Waals surface area contributed by atoms with Crippen LogP contribution in [-0.2, 0) is 0 Å². The van der Waals surface area contributed by atoms with E-state index in [0.29, 0.717) is 0 Å². The molecule has 0 aromatic rings. The number of hydrogen-bond donors (Lipinski definition) is 0. The average molecular weight is 141 g/mol. The van der Waals surface area contributed by atoms with E-state index in [4.69, 9.17) is 0 Å². The Bertz CT molecular complexity index is 80.7. The molecule has 1 nitrogen and oxygen atoms in total. The van der Waals surface area contributed by atoms with Crippen LogP contribution in [0.5, 0.6) is 0 Å². The van der Waals surface area contributed by atoms with Crippen molar-refractivity contribution in [3.8, 4) is 0 Å². The van der Waals surface area contributed by atoms with Gasteiger partial charge < -0.3 is 4.90 Å². The Morgan fingerprint density at radius 1 is 1.40 bits per heavy atom. The lowest BCUT2D eigenvalue weighted by atomic mass is 9.96. The first-order valence-electron chi connectivity index (χ1n) is 4.59. The molecule has 0 aliphatic carbocycles. The first kappa shape index (κ1) is 8.06. The fourth-order valence-corrected chi connectivity index (χ4v) is 1.77. The van der Waals surface area contributed by atoms with E-state index < -0.39 is 0 Å². The monoisotopic (exact) mass is 141 g/mol. The number of nitrogens with zero attached hydrogens (tertiary/aromatic N) is 1. The van der Waals surface area contributed by atoms with Crippen molar-refractivity contribution in [2.45, 2.75) is 33.1 Å². The first-order valence-corrected chi connectivity index (χ1v) is 4.59. The van der Waals surface area contributed by atoms with E-state index in [2.05, 4.69) is 18.7 Å². The van der Waals surface area contributed by atoms with E-state index in [9.17, 15) is 0 Å². The molecule has 1 aliphatic heterocycles. The van der Waals surface area contributed by atoms with E-state index in [1.807, 2.05) is 0 Å². The minimum Gasteiger partial charge on any atom is -0.303 e. The van der Waals surface area contributed by atoms with Crippen LogP contribution in [0.3, 0.4) is 0 Å². The molecule has 0 radical (unpaired) electrons. The average Bonchev–Trinajstić information content (AvgIpc) is 2.05. The Labute approximate surface area is 64.4 Å². The Balaban J connectivity index is 2.25. The van der Waals surface area contributed by atoms with Gasteiger partial charge in [0, 0.05) is 6.54 Å². The van der Waals surface area contributed by atoms with E-state index in [0.717, 1.165) is 5.92 Å². The molecule has 0 N–H and O–H groups in total. The van der Waals surface area contributed by atoms with Crippen LogP contribution < -0.4 is 0 Å². The maximum Gasteiger partial charge on any atom is 0.000945 e. The van der Waals surface area contributed by atoms with Crippen molar-refractivity contribution in [3.63, 3.8) is 0 Å². The van der Waals surface area contributed by atoms with E-state index >= 15 is 0 Å². The summed E-state index contributed by atoms with van der Waals surface area (Å²) in [5, 5.41) is 0. The topological polar surface area (TPSA) is 3.24 Å². The van der Waals surface area contributed by atoms with Crippen molar-refractivity contribution in [1.82, 2.24) is 4.90 Å². The summed E-state index contributed by atoms with van der Waals surface area (Å²) in [7, 11) is 0. The molecule has 0 amide bonds. The molecular formula is C9H19N. The van der Waals surface area contributed by atoms with E-state index in [-0.39, 0.29) is 0 Å². The molecule has 1 rings (SSSR count). The van der Waals surface area contributed by atoms with Gasteiger partial charge in [0.1, 0.15) is 0 Å². The molecule has 10 heavy (non-hydrogen) atoms. The number of piperidine rings is 1. The molecule has 1 saturated heterocycles. The molecule has 0 aromatic heterocycles. The predicted octanol–water partition coefficient (Wildman–Crippen LogP) is 2.13. The Morgan fingerprint density at radius 2 is 2.20 bits per heavy atom. The second kappa shape index (κ2) is 3.97. The van der Waals surface area contributed by atoms with Crippen LogP contribution in [0.15, 0.2) is 0 Å². The standard InChI is InChI=1S/C9H19N/c1-3-9-6-5-7-10(4-2)8-9/h9H,3-8H2,1-2H3/t9-/m0/s1. The van der Waals surface area contributed by atoms with Gasteiger partial charge in [0.25, 0.3) is 0 Å². The van der Waals surface area contributed by atoms with E-state index in [1.165, 1.54) is 38.9 Å². The summed E-state index contributed by atoms with van der Waals surface area (Å²) >= 11 is 0. The SMILES string of the molecule is CC[C@H]1CCCN(CC)C1. The van der Waals surface area contributed by atoms with Gasteiger partial charge in [0.15, 0.2) is 0 Å². The van der Waals surface area contributed by atoms with Gasteiger partial charge in [0.05, 0.1) is 0 Å². The van der Waals surface area contributed by atoms with Crippen LogP contribution >= 0.6 is 0 Å². The van der Waals surface area contributed by atoms with Gasteiger partial charge in [-0.2, -0.15) is 0 Å². The zero-order valence-electron chi connectivity index (χ0n) is 7.27.